The minimum absolute atomic E-state index is 0. The monoisotopic (exact) mass is 554 g/mol. The van der Waals surface area contributed by atoms with E-state index >= 15 is 0 Å². The molecule has 0 radical (unpaired) electrons. The van der Waals surface area contributed by atoms with Crippen LogP contribution in [-0.2, 0) is 17.8 Å². The van der Waals surface area contributed by atoms with E-state index in [1.165, 1.54) is 5.56 Å². The number of hydrogen-bond donors (Lipinski definition) is 2. The van der Waals surface area contributed by atoms with Gasteiger partial charge in [0, 0.05) is 31.4 Å². The smallest absolute Gasteiger partial charge is 0.407 e. The molecule has 1 fully saturated rings. The minimum Gasteiger partial charge on any atom is -0.444 e. The number of benzene rings is 1. The summed E-state index contributed by atoms with van der Waals surface area (Å²) >= 11 is 0. The van der Waals surface area contributed by atoms with Gasteiger partial charge < -0.3 is 20.3 Å². The summed E-state index contributed by atoms with van der Waals surface area (Å²) in [5.74, 6) is 0.854. The van der Waals surface area contributed by atoms with Gasteiger partial charge in [-0.1, -0.05) is 30.3 Å². The number of hydrogen-bond acceptors (Lipinski definition) is 4. The second-order valence-corrected chi connectivity index (χ2v) is 8.78. The normalized spacial score (nSPS) is 16.4. The molecule has 2 aromatic rings. The summed E-state index contributed by atoms with van der Waals surface area (Å²) < 4.78 is 7.30. The SMILES string of the molecule is CCNC(=NCc1cnn(Cc2ccccc2)c1)N1CCC(NC(=O)OC(C)(C)C)C1.I. The van der Waals surface area contributed by atoms with Crippen molar-refractivity contribution in [1.29, 1.82) is 0 Å². The molecule has 1 aromatic carbocycles. The van der Waals surface area contributed by atoms with E-state index in [1.54, 1.807) is 0 Å². The Balaban J connectivity index is 0.00000363. The number of amides is 1. The largest absolute Gasteiger partial charge is 0.444 e. The fraction of sp³-hybridized carbons (Fsp3) is 0.522. The van der Waals surface area contributed by atoms with Gasteiger partial charge in [-0.05, 0) is 39.7 Å². The van der Waals surface area contributed by atoms with E-state index < -0.39 is 5.60 Å². The molecule has 1 amide bonds. The summed E-state index contributed by atoms with van der Waals surface area (Å²) in [6.07, 6.45) is 4.40. The highest BCUT2D eigenvalue weighted by atomic mass is 127. The summed E-state index contributed by atoms with van der Waals surface area (Å²) in [4.78, 5) is 19.0. The third-order valence-corrected chi connectivity index (χ3v) is 4.83. The molecule has 1 atom stereocenters. The van der Waals surface area contributed by atoms with Crippen LogP contribution in [0.4, 0.5) is 4.79 Å². The van der Waals surface area contributed by atoms with Crippen LogP contribution in [0, 0.1) is 0 Å². The van der Waals surface area contributed by atoms with E-state index in [2.05, 4.69) is 39.7 Å². The number of rotatable bonds is 6. The lowest BCUT2D eigenvalue weighted by molar-refractivity contribution is 0.0507. The van der Waals surface area contributed by atoms with Crippen LogP contribution in [0.15, 0.2) is 47.7 Å². The molecule has 1 aromatic heterocycles. The van der Waals surface area contributed by atoms with Crippen LogP contribution >= 0.6 is 24.0 Å². The predicted octanol–water partition coefficient (Wildman–Crippen LogP) is 3.61. The Kier molecular flexibility index (Phi) is 9.80. The summed E-state index contributed by atoms with van der Waals surface area (Å²) in [5.41, 5.74) is 1.78. The van der Waals surface area contributed by atoms with Crippen LogP contribution in [0.1, 0.15) is 45.2 Å². The molecule has 9 heteroatoms. The van der Waals surface area contributed by atoms with Crippen molar-refractivity contribution in [3.63, 3.8) is 0 Å². The van der Waals surface area contributed by atoms with Gasteiger partial charge in [-0.25, -0.2) is 9.79 Å². The van der Waals surface area contributed by atoms with Crippen molar-refractivity contribution in [2.45, 2.75) is 58.8 Å². The first kappa shape index (κ1) is 26.0. The molecule has 32 heavy (non-hydrogen) atoms. The van der Waals surface area contributed by atoms with Gasteiger partial charge in [0.15, 0.2) is 5.96 Å². The number of halogens is 1. The van der Waals surface area contributed by atoms with E-state index in [-0.39, 0.29) is 36.1 Å². The average Bonchev–Trinajstić information content (AvgIpc) is 3.34. The quantitative estimate of drug-likeness (QED) is 0.324. The molecule has 0 spiro atoms. The Morgan fingerprint density at radius 2 is 2.00 bits per heavy atom. The number of aliphatic imine (C=N–C) groups is 1. The summed E-state index contributed by atoms with van der Waals surface area (Å²) in [6, 6.07) is 10.3. The molecule has 176 valence electrons. The van der Waals surface area contributed by atoms with Crippen molar-refractivity contribution in [3.8, 4) is 0 Å². The van der Waals surface area contributed by atoms with Gasteiger partial charge in [-0.2, -0.15) is 5.10 Å². The number of carbonyl (C=O) groups excluding carboxylic acids is 1. The molecule has 0 aliphatic carbocycles. The van der Waals surface area contributed by atoms with Crippen LogP contribution in [-0.4, -0.2) is 58.0 Å². The van der Waals surface area contributed by atoms with Crippen LogP contribution < -0.4 is 10.6 Å². The second-order valence-electron chi connectivity index (χ2n) is 8.78. The average molecular weight is 554 g/mol. The van der Waals surface area contributed by atoms with Crippen molar-refractivity contribution in [2.75, 3.05) is 19.6 Å². The van der Waals surface area contributed by atoms with Crippen LogP contribution in [0.2, 0.25) is 0 Å². The molecule has 0 bridgehead atoms. The highest BCUT2D eigenvalue weighted by Gasteiger charge is 2.27. The molecule has 8 nitrogen and oxygen atoms in total. The number of nitrogens with one attached hydrogen (secondary N) is 2. The molecule has 2 heterocycles. The fourth-order valence-corrected chi connectivity index (χ4v) is 3.48. The standard InChI is InChI=1S/C23H34N6O2.HI/c1-5-24-21(28-12-11-20(17-28)27-22(30)31-23(2,3)4)25-13-19-14-26-29(16-19)15-18-9-7-6-8-10-18;/h6-10,14,16,20H,5,11-13,15,17H2,1-4H3,(H,24,25)(H,27,30);1H. The number of nitrogens with zero attached hydrogens (tertiary/aromatic N) is 4. The van der Waals surface area contributed by atoms with E-state index in [1.807, 2.05) is 56.0 Å². The third-order valence-electron chi connectivity index (χ3n) is 4.83. The maximum atomic E-state index is 12.1. The van der Waals surface area contributed by atoms with Crippen LogP contribution in [0.25, 0.3) is 0 Å². The number of guanidine groups is 1. The highest BCUT2D eigenvalue weighted by molar-refractivity contribution is 14.0. The number of ether oxygens (including phenoxy) is 1. The first-order valence-corrected chi connectivity index (χ1v) is 10.9. The number of carbonyl (C=O) groups is 1. The minimum atomic E-state index is -0.496. The van der Waals surface area contributed by atoms with E-state index in [0.29, 0.717) is 13.1 Å². The zero-order valence-electron chi connectivity index (χ0n) is 19.4. The van der Waals surface area contributed by atoms with Gasteiger partial charge in [0.05, 0.1) is 25.3 Å². The zero-order valence-corrected chi connectivity index (χ0v) is 21.7. The molecular formula is C23H35IN6O2. The molecular weight excluding hydrogens is 519 g/mol. The molecule has 0 saturated carbocycles. The van der Waals surface area contributed by atoms with Crippen molar-refractivity contribution < 1.29 is 9.53 Å². The van der Waals surface area contributed by atoms with Crippen LogP contribution in [0.3, 0.4) is 0 Å². The van der Waals surface area contributed by atoms with Crippen molar-refractivity contribution >= 4 is 36.0 Å². The zero-order chi connectivity index (χ0) is 22.3. The predicted molar refractivity (Wildman–Crippen MR) is 137 cm³/mol. The molecule has 3 rings (SSSR count). The van der Waals surface area contributed by atoms with Crippen molar-refractivity contribution in [3.05, 3.63) is 53.9 Å². The Morgan fingerprint density at radius 1 is 1.25 bits per heavy atom. The Bertz CT molecular complexity index is 878. The van der Waals surface area contributed by atoms with Gasteiger partial charge in [0.2, 0.25) is 0 Å². The van der Waals surface area contributed by atoms with Gasteiger partial charge in [-0.15, -0.1) is 24.0 Å². The molecule has 2 N–H and O–H groups in total. The van der Waals surface area contributed by atoms with Gasteiger partial charge in [0.1, 0.15) is 5.60 Å². The molecule has 1 saturated heterocycles. The fourth-order valence-electron chi connectivity index (χ4n) is 3.48. The van der Waals surface area contributed by atoms with Gasteiger partial charge in [-0.3, -0.25) is 4.68 Å². The summed E-state index contributed by atoms with van der Waals surface area (Å²) in [6.45, 7) is 11.3. The topological polar surface area (TPSA) is 83.8 Å². The number of likely N-dealkylation sites (tertiary alicyclic amines) is 1. The number of aromatic nitrogens is 2. The van der Waals surface area contributed by atoms with Crippen molar-refractivity contribution in [1.82, 2.24) is 25.3 Å². The molecule has 1 unspecified atom stereocenters. The van der Waals surface area contributed by atoms with E-state index in [4.69, 9.17) is 9.73 Å². The maximum absolute atomic E-state index is 12.1. The Labute approximate surface area is 207 Å². The first-order valence-electron chi connectivity index (χ1n) is 10.9. The van der Waals surface area contributed by atoms with E-state index in [9.17, 15) is 4.79 Å². The highest BCUT2D eigenvalue weighted by Crippen LogP contribution is 2.13. The lowest BCUT2D eigenvalue weighted by Crippen LogP contribution is -2.44. The summed E-state index contributed by atoms with van der Waals surface area (Å²) in [7, 11) is 0. The Hall–Kier alpha value is -2.30. The molecule has 1 aliphatic heterocycles. The number of alkyl carbamates (subject to hydrolysis) is 1. The van der Waals surface area contributed by atoms with Crippen LogP contribution in [0.5, 0.6) is 0 Å². The maximum Gasteiger partial charge on any atom is 0.407 e. The second kappa shape index (κ2) is 12.1. The lowest BCUT2D eigenvalue weighted by atomic mass is 10.2. The van der Waals surface area contributed by atoms with E-state index in [0.717, 1.165) is 37.6 Å². The third kappa shape index (κ3) is 8.33. The molecule has 1 aliphatic rings. The lowest BCUT2D eigenvalue weighted by Gasteiger charge is -2.23. The van der Waals surface area contributed by atoms with Gasteiger partial charge >= 0.3 is 6.09 Å². The Morgan fingerprint density at radius 3 is 2.69 bits per heavy atom. The van der Waals surface area contributed by atoms with Gasteiger partial charge in [0.25, 0.3) is 0 Å². The first-order chi connectivity index (χ1) is 14.8. The summed E-state index contributed by atoms with van der Waals surface area (Å²) in [5, 5.41) is 10.8. The van der Waals surface area contributed by atoms with Crippen molar-refractivity contribution in [2.24, 2.45) is 4.99 Å².